The summed E-state index contributed by atoms with van der Waals surface area (Å²) in [7, 11) is -2.77. The zero-order valence-corrected chi connectivity index (χ0v) is 26.1. The fourth-order valence-electron chi connectivity index (χ4n) is 5.81. The van der Waals surface area contributed by atoms with Crippen LogP contribution in [0.25, 0.3) is 0 Å². The number of sulfonamides is 1. The van der Waals surface area contributed by atoms with Gasteiger partial charge in [0, 0.05) is 12.7 Å². The summed E-state index contributed by atoms with van der Waals surface area (Å²) in [5.74, 6) is -0.319. The normalized spacial score (nSPS) is 23.0. The van der Waals surface area contributed by atoms with Crippen molar-refractivity contribution in [3.8, 4) is 0 Å². The average molecular weight is 647 g/mol. The molecule has 2 heterocycles. The fraction of sp³-hybridized carbons (Fsp3) is 0.548. The monoisotopic (exact) mass is 646 g/mol. The number of hydrogen-bond donors (Lipinski definition) is 4. The van der Waals surface area contributed by atoms with Crippen molar-refractivity contribution in [1.29, 1.82) is 0 Å². The summed E-state index contributed by atoms with van der Waals surface area (Å²) in [6.45, 7) is 0.264. The molecule has 5 atom stereocenters. The van der Waals surface area contributed by atoms with Gasteiger partial charge in [-0.25, -0.2) is 13.2 Å². The molecule has 3 fully saturated rings. The molecule has 4 N–H and O–H groups in total. The van der Waals surface area contributed by atoms with E-state index in [1.165, 1.54) is 19.2 Å². The van der Waals surface area contributed by atoms with Crippen molar-refractivity contribution in [3.05, 3.63) is 60.2 Å². The number of nitrogens with zero attached hydrogens (tertiary/aromatic N) is 1. The molecule has 14 heteroatoms. The highest BCUT2D eigenvalue weighted by Crippen LogP contribution is 2.33. The quantitative estimate of drug-likeness (QED) is 0.224. The van der Waals surface area contributed by atoms with Gasteiger partial charge in [0.05, 0.1) is 55.4 Å². The van der Waals surface area contributed by atoms with Crippen molar-refractivity contribution < 1.29 is 42.2 Å². The Hall–Kier alpha value is -3.27. The molecular weight excluding hydrogens is 604 g/mol. The summed E-state index contributed by atoms with van der Waals surface area (Å²) in [6, 6.07) is 14.4. The molecule has 1 aliphatic carbocycles. The van der Waals surface area contributed by atoms with Crippen LogP contribution in [0.4, 0.5) is 10.5 Å². The third kappa shape index (κ3) is 8.71. The van der Waals surface area contributed by atoms with E-state index in [1.807, 2.05) is 30.3 Å². The zero-order valence-electron chi connectivity index (χ0n) is 25.3. The van der Waals surface area contributed by atoms with Crippen molar-refractivity contribution in [2.75, 3.05) is 38.7 Å². The molecule has 2 aliphatic heterocycles. The van der Waals surface area contributed by atoms with Gasteiger partial charge >= 0.3 is 6.09 Å². The van der Waals surface area contributed by atoms with Crippen LogP contribution in [-0.2, 0) is 40.3 Å². The molecule has 246 valence electrons. The smallest absolute Gasteiger partial charge is 0.407 e. The van der Waals surface area contributed by atoms with Gasteiger partial charge in [-0.15, -0.1) is 0 Å². The van der Waals surface area contributed by atoms with Crippen LogP contribution in [0.15, 0.2) is 59.5 Å². The molecule has 2 amide bonds. The summed E-state index contributed by atoms with van der Waals surface area (Å²) in [5.41, 5.74) is 1.26. The number of fused-ring (bicyclic) bond motifs is 1. The van der Waals surface area contributed by atoms with Crippen LogP contribution in [0.5, 0.6) is 0 Å². The number of carbonyl (C=O) groups excluding carboxylic acids is 2. The number of alkyl carbamates (subject to hydrolysis) is 1. The van der Waals surface area contributed by atoms with E-state index in [9.17, 15) is 23.1 Å². The van der Waals surface area contributed by atoms with E-state index in [-0.39, 0.29) is 42.4 Å². The van der Waals surface area contributed by atoms with Gasteiger partial charge < -0.3 is 35.3 Å². The molecule has 0 spiro atoms. The minimum Gasteiger partial charge on any atom is -0.443 e. The van der Waals surface area contributed by atoms with Crippen molar-refractivity contribution >= 4 is 27.7 Å². The summed E-state index contributed by atoms with van der Waals surface area (Å²) >= 11 is 0. The number of nitrogens with one attached hydrogen (secondary N) is 3. The number of anilines is 1. The maximum Gasteiger partial charge on any atom is 0.407 e. The molecule has 2 aromatic carbocycles. The molecule has 3 aliphatic rings. The Morgan fingerprint density at radius 1 is 1.07 bits per heavy atom. The number of ether oxygens (including phenoxy) is 3. The number of carbonyl (C=O) groups is 2. The predicted molar refractivity (Wildman–Crippen MR) is 163 cm³/mol. The van der Waals surface area contributed by atoms with Crippen molar-refractivity contribution in [3.63, 3.8) is 0 Å². The number of hydrogen-bond acceptors (Lipinski definition) is 10. The number of rotatable bonds is 14. The van der Waals surface area contributed by atoms with Crippen LogP contribution in [0.3, 0.4) is 0 Å². The number of aliphatic hydroxyl groups is 1. The van der Waals surface area contributed by atoms with Gasteiger partial charge in [-0.05, 0) is 49.4 Å². The van der Waals surface area contributed by atoms with Crippen molar-refractivity contribution in [2.24, 2.45) is 5.92 Å². The van der Waals surface area contributed by atoms with Crippen molar-refractivity contribution in [1.82, 2.24) is 15.1 Å². The first kappa shape index (κ1) is 33.1. The number of amides is 2. The molecule has 2 aromatic rings. The summed E-state index contributed by atoms with van der Waals surface area (Å²) < 4.78 is 45.6. The Morgan fingerprint density at radius 3 is 2.60 bits per heavy atom. The second-order valence-electron chi connectivity index (χ2n) is 11.5. The van der Waals surface area contributed by atoms with Gasteiger partial charge in [0.2, 0.25) is 5.91 Å². The van der Waals surface area contributed by atoms with Gasteiger partial charge in [-0.1, -0.05) is 53.7 Å². The van der Waals surface area contributed by atoms with Crippen molar-refractivity contribution in [2.45, 2.75) is 74.1 Å². The average Bonchev–Trinajstić information content (AvgIpc) is 3.81. The lowest BCUT2D eigenvalue weighted by atomic mass is 10.0. The van der Waals surface area contributed by atoms with Crippen LogP contribution in [0, 0.1) is 5.92 Å². The summed E-state index contributed by atoms with van der Waals surface area (Å²) in [5, 5.41) is 19.7. The largest absolute Gasteiger partial charge is 0.443 e. The van der Waals surface area contributed by atoms with E-state index in [4.69, 9.17) is 19.0 Å². The highest BCUT2D eigenvalue weighted by Gasteiger charge is 2.44. The van der Waals surface area contributed by atoms with Gasteiger partial charge in [0.15, 0.2) is 6.29 Å². The third-order valence-corrected chi connectivity index (χ3v) is 9.97. The van der Waals surface area contributed by atoms with Crippen LogP contribution < -0.4 is 16.0 Å². The second kappa shape index (κ2) is 15.3. The lowest BCUT2D eigenvalue weighted by Gasteiger charge is -2.31. The highest BCUT2D eigenvalue weighted by molar-refractivity contribution is 7.89. The first-order chi connectivity index (χ1) is 21.7. The lowest BCUT2D eigenvalue weighted by Crippen LogP contribution is -2.51. The Labute approximate surface area is 263 Å². The maximum absolute atomic E-state index is 14.0. The van der Waals surface area contributed by atoms with Gasteiger partial charge in [-0.3, -0.25) is 9.63 Å². The van der Waals surface area contributed by atoms with E-state index < -0.39 is 47.2 Å². The van der Waals surface area contributed by atoms with Crippen LogP contribution in [-0.4, -0.2) is 94.0 Å². The number of benzene rings is 2. The van der Waals surface area contributed by atoms with Gasteiger partial charge in [0.25, 0.3) is 10.0 Å². The maximum atomic E-state index is 14.0. The molecule has 1 saturated carbocycles. The Balaban J connectivity index is 1.34. The topological polar surface area (TPSA) is 165 Å². The van der Waals surface area contributed by atoms with E-state index in [2.05, 4.69) is 16.0 Å². The standard InChI is InChI=1S/C31H42N4O9S/c1-32-29(37)18-33-22-10-7-13-24(17-22)45(39,40)35(44-23-11-5-6-12-23)19-27(36)26(16-21-8-3-2-4-9-21)34-31(38)43-28-20-42-30-25(28)14-15-41-30/h2-4,7-10,13,17,23,25-28,30,33,36H,5-6,11-12,14-16,18-20H2,1H3,(H,32,37)(H,34,38)/t25-,26-,27-,28-,30+/m0/s1. The molecule has 2 saturated heterocycles. The van der Waals surface area contributed by atoms with E-state index in [1.54, 1.807) is 12.1 Å². The minimum absolute atomic E-state index is 0.0364. The molecular formula is C31H42N4O9S. The third-order valence-electron chi connectivity index (χ3n) is 8.35. The molecule has 13 nitrogen and oxygen atoms in total. The summed E-state index contributed by atoms with van der Waals surface area (Å²) in [6.07, 6.45) is 0.780. The van der Waals surface area contributed by atoms with Crippen LogP contribution >= 0.6 is 0 Å². The molecule has 0 unspecified atom stereocenters. The number of likely N-dealkylation sites (N-methyl/N-ethyl adjacent to an activating group) is 1. The number of hydroxylamine groups is 1. The van der Waals surface area contributed by atoms with Gasteiger partial charge in [0.1, 0.15) is 6.10 Å². The summed E-state index contributed by atoms with van der Waals surface area (Å²) in [4.78, 5) is 30.8. The molecule has 0 bridgehead atoms. The van der Waals surface area contributed by atoms with E-state index in [0.29, 0.717) is 31.6 Å². The molecule has 45 heavy (non-hydrogen) atoms. The first-order valence-corrected chi connectivity index (χ1v) is 16.8. The van der Waals surface area contributed by atoms with E-state index in [0.717, 1.165) is 22.9 Å². The SMILES string of the molecule is CNC(=O)CNc1cccc(S(=O)(=O)N(C[C@H](O)[C@H](Cc2ccccc2)NC(=O)O[C@H]2CO[C@H]3OCC[C@H]32)OC2CCCC2)c1. The Morgan fingerprint density at radius 2 is 1.84 bits per heavy atom. The molecule has 5 rings (SSSR count). The Kier molecular flexibility index (Phi) is 11.3. The first-order valence-electron chi connectivity index (χ1n) is 15.4. The van der Waals surface area contributed by atoms with Gasteiger partial charge in [-0.2, -0.15) is 0 Å². The molecule has 0 aromatic heterocycles. The second-order valence-corrected chi connectivity index (χ2v) is 13.4. The Bertz CT molecular complexity index is 1390. The zero-order chi connectivity index (χ0) is 31.8. The fourth-order valence-corrected chi connectivity index (χ4v) is 7.16. The van der Waals surface area contributed by atoms with E-state index >= 15 is 0 Å². The predicted octanol–water partition coefficient (Wildman–Crippen LogP) is 2.17. The number of aliphatic hydroxyl groups excluding tert-OH is 1. The highest BCUT2D eigenvalue weighted by atomic mass is 32.2. The molecule has 0 radical (unpaired) electrons. The lowest BCUT2D eigenvalue weighted by molar-refractivity contribution is -0.145. The van der Waals surface area contributed by atoms with Crippen LogP contribution in [0.2, 0.25) is 0 Å². The minimum atomic E-state index is -4.28. The van der Waals surface area contributed by atoms with Crippen LogP contribution in [0.1, 0.15) is 37.7 Å².